The van der Waals surface area contributed by atoms with Crippen molar-refractivity contribution in [1.82, 2.24) is 10.2 Å². The van der Waals surface area contributed by atoms with Crippen molar-refractivity contribution in [1.29, 1.82) is 0 Å². The zero-order valence-corrected chi connectivity index (χ0v) is 11.6. The van der Waals surface area contributed by atoms with E-state index in [2.05, 4.69) is 17.1 Å². The second-order valence-electron chi connectivity index (χ2n) is 5.52. The molecule has 4 heteroatoms. The fourth-order valence-electron chi connectivity index (χ4n) is 3.39. The zero-order valence-electron chi connectivity index (χ0n) is 11.6. The van der Waals surface area contributed by atoms with Gasteiger partial charge in [-0.05, 0) is 25.8 Å². The number of hydrogen-bond acceptors (Lipinski definition) is 4. The molecule has 1 saturated heterocycles. The Morgan fingerprint density at radius 3 is 3.00 bits per heavy atom. The van der Waals surface area contributed by atoms with Crippen LogP contribution >= 0.6 is 0 Å². The number of fused-ring (bicyclic) bond motifs is 1. The number of nitrogens with one attached hydrogen (secondary N) is 1. The van der Waals surface area contributed by atoms with Crippen molar-refractivity contribution in [2.24, 2.45) is 0 Å². The van der Waals surface area contributed by atoms with Gasteiger partial charge in [-0.2, -0.15) is 0 Å². The van der Waals surface area contributed by atoms with Crippen LogP contribution in [0.3, 0.4) is 0 Å². The molecule has 0 aromatic rings. The van der Waals surface area contributed by atoms with Crippen molar-refractivity contribution in [3.63, 3.8) is 0 Å². The SMILES string of the molecule is CCNC(CCO)CN1CCOC2CCCCC21. The standard InChI is InChI=1S/C14H28N2O2/c1-2-15-12(7-9-17)11-16-8-10-18-14-6-4-3-5-13(14)16/h12-15,17H,2-11H2,1H3. The third-order valence-corrected chi connectivity index (χ3v) is 4.27. The molecule has 3 unspecified atom stereocenters. The van der Waals surface area contributed by atoms with E-state index in [0.717, 1.165) is 32.7 Å². The number of aliphatic hydroxyl groups excluding tert-OH is 1. The summed E-state index contributed by atoms with van der Waals surface area (Å²) in [6, 6.07) is 1.04. The first kappa shape index (κ1) is 14.3. The third-order valence-electron chi connectivity index (χ3n) is 4.27. The highest BCUT2D eigenvalue weighted by Gasteiger charge is 2.34. The van der Waals surface area contributed by atoms with Gasteiger partial charge in [-0.1, -0.05) is 19.8 Å². The van der Waals surface area contributed by atoms with E-state index in [1.54, 1.807) is 0 Å². The van der Waals surface area contributed by atoms with E-state index in [4.69, 9.17) is 9.84 Å². The molecule has 0 aromatic carbocycles. The lowest BCUT2D eigenvalue weighted by atomic mass is 9.90. The summed E-state index contributed by atoms with van der Waals surface area (Å²) < 4.78 is 5.90. The minimum Gasteiger partial charge on any atom is -0.396 e. The molecule has 2 rings (SSSR count). The molecule has 0 aromatic heterocycles. The molecule has 2 aliphatic rings. The third kappa shape index (κ3) is 3.67. The Morgan fingerprint density at radius 1 is 1.39 bits per heavy atom. The number of ether oxygens (including phenoxy) is 1. The van der Waals surface area contributed by atoms with Gasteiger partial charge in [0.15, 0.2) is 0 Å². The molecule has 0 bridgehead atoms. The molecule has 2 fully saturated rings. The van der Waals surface area contributed by atoms with E-state index in [-0.39, 0.29) is 6.61 Å². The quantitative estimate of drug-likeness (QED) is 0.744. The number of morpholine rings is 1. The average molecular weight is 256 g/mol. The van der Waals surface area contributed by atoms with Crippen LogP contribution in [0.25, 0.3) is 0 Å². The molecule has 1 aliphatic carbocycles. The Balaban J connectivity index is 1.88. The number of rotatable bonds is 6. The van der Waals surface area contributed by atoms with E-state index >= 15 is 0 Å². The van der Waals surface area contributed by atoms with E-state index in [9.17, 15) is 0 Å². The molecule has 2 N–H and O–H groups in total. The number of aliphatic hydroxyl groups is 1. The number of hydrogen-bond donors (Lipinski definition) is 2. The van der Waals surface area contributed by atoms with Crippen molar-refractivity contribution in [3.8, 4) is 0 Å². The molecule has 106 valence electrons. The van der Waals surface area contributed by atoms with Gasteiger partial charge in [-0.3, -0.25) is 4.90 Å². The second kappa shape index (κ2) is 7.43. The van der Waals surface area contributed by atoms with Crippen LogP contribution in [0.4, 0.5) is 0 Å². The lowest BCUT2D eigenvalue weighted by Crippen LogP contribution is -2.56. The van der Waals surface area contributed by atoms with Crippen molar-refractivity contribution in [2.75, 3.05) is 32.8 Å². The van der Waals surface area contributed by atoms with Gasteiger partial charge in [0.1, 0.15) is 0 Å². The minimum absolute atomic E-state index is 0.274. The number of nitrogens with zero attached hydrogens (tertiary/aromatic N) is 1. The molecule has 0 amide bonds. The molecule has 1 saturated carbocycles. The summed E-state index contributed by atoms with van der Waals surface area (Å²) in [6.07, 6.45) is 6.48. The van der Waals surface area contributed by atoms with Crippen molar-refractivity contribution < 1.29 is 9.84 Å². The van der Waals surface area contributed by atoms with Crippen LogP contribution in [-0.2, 0) is 4.74 Å². The van der Waals surface area contributed by atoms with Crippen molar-refractivity contribution in [3.05, 3.63) is 0 Å². The first-order chi connectivity index (χ1) is 8.85. The van der Waals surface area contributed by atoms with E-state index in [1.807, 2.05) is 0 Å². The molecular formula is C14H28N2O2. The maximum Gasteiger partial charge on any atom is 0.0730 e. The molecule has 4 nitrogen and oxygen atoms in total. The smallest absolute Gasteiger partial charge is 0.0730 e. The van der Waals surface area contributed by atoms with E-state index in [1.165, 1.54) is 25.7 Å². The molecule has 0 spiro atoms. The van der Waals surface area contributed by atoms with Gasteiger partial charge in [0, 0.05) is 31.8 Å². The summed E-state index contributed by atoms with van der Waals surface area (Å²) in [7, 11) is 0. The van der Waals surface area contributed by atoms with Crippen LogP contribution in [0.1, 0.15) is 39.0 Å². The summed E-state index contributed by atoms with van der Waals surface area (Å²) in [5.74, 6) is 0. The van der Waals surface area contributed by atoms with Gasteiger partial charge < -0.3 is 15.2 Å². The lowest BCUT2D eigenvalue weighted by molar-refractivity contribution is -0.0905. The highest BCUT2D eigenvalue weighted by molar-refractivity contribution is 4.89. The normalized spacial score (nSPS) is 31.0. The van der Waals surface area contributed by atoms with Crippen molar-refractivity contribution in [2.45, 2.75) is 57.2 Å². The van der Waals surface area contributed by atoms with Crippen LogP contribution in [-0.4, -0.2) is 61.0 Å². The number of likely N-dealkylation sites (N-methyl/N-ethyl adjacent to an activating group) is 1. The average Bonchev–Trinajstić information content (AvgIpc) is 2.40. The molecule has 1 heterocycles. The van der Waals surface area contributed by atoms with Gasteiger partial charge in [-0.15, -0.1) is 0 Å². The first-order valence-electron chi connectivity index (χ1n) is 7.55. The van der Waals surface area contributed by atoms with Crippen molar-refractivity contribution >= 4 is 0 Å². The molecule has 1 aliphatic heterocycles. The molecule has 3 atom stereocenters. The Morgan fingerprint density at radius 2 is 2.22 bits per heavy atom. The van der Waals surface area contributed by atoms with Crippen LogP contribution in [0.2, 0.25) is 0 Å². The van der Waals surface area contributed by atoms with Gasteiger partial charge in [0.25, 0.3) is 0 Å². The Hall–Kier alpha value is -0.160. The highest BCUT2D eigenvalue weighted by atomic mass is 16.5. The Bertz CT molecular complexity index is 230. The van der Waals surface area contributed by atoms with Crippen LogP contribution in [0, 0.1) is 0 Å². The Labute approximate surface area is 111 Å². The largest absolute Gasteiger partial charge is 0.396 e. The maximum absolute atomic E-state index is 9.14. The highest BCUT2D eigenvalue weighted by Crippen LogP contribution is 2.28. The zero-order chi connectivity index (χ0) is 12.8. The summed E-state index contributed by atoms with van der Waals surface area (Å²) in [6.45, 7) is 6.36. The topological polar surface area (TPSA) is 44.7 Å². The van der Waals surface area contributed by atoms with Gasteiger partial charge >= 0.3 is 0 Å². The summed E-state index contributed by atoms with van der Waals surface area (Å²) >= 11 is 0. The first-order valence-corrected chi connectivity index (χ1v) is 7.55. The monoisotopic (exact) mass is 256 g/mol. The Kier molecular flexibility index (Phi) is 5.89. The fourth-order valence-corrected chi connectivity index (χ4v) is 3.39. The van der Waals surface area contributed by atoms with Gasteiger partial charge in [0.2, 0.25) is 0 Å². The summed E-state index contributed by atoms with van der Waals surface area (Å²) in [5.41, 5.74) is 0. The predicted octanol–water partition coefficient (Wildman–Crippen LogP) is 0.990. The minimum atomic E-state index is 0.274. The second-order valence-corrected chi connectivity index (χ2v) is 5.52. The molecule has 0 radical (unpaired) electrons. The van der Waals surface area contributed by atoms with Gasteiger partial charge in [-0.25, -0.2) is 0 Å². The van der Waals surface area contributed by atoms with Crippen LogP contribution < -0.4 is 5.32 Å². The maximum atomic E-state index is 9.14. The lowest BCUT2D eigenvalue weighted by Gasteiger charge is -2.45. The predicted molar refractivity (Wildman–Crippen MR) is 72.7 cm³/mol. The van der Waals surface area contributed by atoms with Gasteiger partial charge in [0.05, 0.1) is 12.7 Å². The van der Waals surface area contributed by atoms with E-state index in [0.29, 0.717) is 18.2 Å². The van der Waals surface area contributed by atoms with Crippen LogP contribution in [0.15, 0.2) is 0 Å². The fraction of sp³-hybridized carbons (Fsp3) is 1.00. The molecule has 18 heavy (non-hydrogen) atoms. The van der Waals surface area contributed by atoms with E-state index < -0.39 is 0 Å². The molecular weight excluding hydrogens is 228 g/mol. The van der Waals surface area contributed by atoms with Crippen LogP contribution in [0.5, 0.6) is 0 Å². The summed E-state index contributed by atoms with van der Waals surface area (Å²) in [4.78, 5) is 2.59. The summed E-state index contributed by atoms with van der Waals surface area (Å²) in [5, 5.41) is 12.6.